The van der Waals surface area contributed by atoms with Crippen LogP contribution in [-0.4, -0.2) is 24.2 Å². The van der Waals surface area contributed by atoms with Crippen molar-refractivity contribution in [1.82, 2.24) is 9.97 Å². The van der Waals surface area contributed by atoms with Gasteiger partial charge < -0.3 is 9.47 Å². The molecule has 0 fully saturated rings. The van der Waals surface area contributed by atoms with Crippen molar-refractivity contribution in [3.63, 3.8) is 0 Å². The van der Waals surface area contributed by atoms with E-state index in [1.807, 2.05) is 18.2 Å². The van der Waals surface area contributed by atoms with Gasteiger partial charge in [0.1, 0.15) is 5.15 Å². The summed E-state index contributed by atoms with van der Waals surface area (Å²) in [5.74, 6) is 3.60. The summed E-state index contributed by atoms with van der Waals surface area (Å²) in [6.07, 6.45) is 0. The minimum absolute atomic E-state index is 0.528. The standard InChI is InChI=1S/C14H13ClN2O2S/c1-18-11-5-3-4-8(12(11)19-2)14-16-10-7-20-6-9(10)13(15)17-14/h3-5H,6-7H2,1-2H3. The van der Waals surface area contributed by atoms with Crippen LogP contribution in [0.15, 0.2) is 18.2 Å². The van der Waals surface area contributed by atoms with Gasteiger partial charge in [-0.3, -0.25) is 0 Å². The lowest BCUT2D eigenvalue weighted by Crippen LogP contribution is -2.00. The normalized spacial score (nSPS) is 13.2. The van der Waals surface area contributed by atoms with Gasteiger partial charge in [-0.15, -0.1) is 0 Å². The van der Waals surface area contributed by atoms with Crippen LogP contribution in [0.1, 0.15) is 11.3 Å². The highest BCUT2D eigenvalue weighted by Crippen LogP contribution is 2.39. The Balaban J connectivity index is 2.17. The first-order chi connectivity index (χ1) is 9.74. The molecule has 1 aromatic carbocycles. The maximum absolute atomic E-state index is 6.26. The van der Waals surface area contributed by atoms with E-state index in [4.69, 9.17) is 21.1 Å². The van der Waals surface area contributed by atoms with Crippen LogP contribution in [0.4, 0.5) is 0 Å². The molecular formula is C14H13ClN2O2S. The molecular weight excluding hydrogens is 296 g/mol. The molecule has 0 saturated heterocycles. The fourth-order valence-electron chi connectivity index (χ4n) is 2.20. The van der Waals surface area contributed by atoms with Crippen LogP contribution >= 0.6 is 23.4 Å². The minimum atomic E-state index is 0.528. The number of methoxy groups -OCH3 is 2. The first-order valence-electron chi connectivity index (χ1n) is 6.09. The number of thioether (sulfide) groups is 1. The van der Waals surface area contributed by atoms with Gasteiger partial charge in [-0.25, -0.2) is 9.97 Å². The zero-order chi connectivity index (χ0) is 14.1. The van der Waals surface area contributed by atoms with Crippen LogP contribution in [0, 0.1) is 0 Å². The number of fused-ring (bicyclic) bond motifs is 1. The smallest absolute Gasteiger partial charge is 0.171 e. The molecule has 0 saturated carbocycles. The Morgan fingerprint density at radius 1 is 1.15 bits per heavy atom. The molecule has 3 rings (SSSR count). The summed E-state index contributed by atoms with van der Waals surface area (Å²) in [6.45, 7) is 0. The highest BCUT2D eigenvalue weighted by atomic mass is 35.5. The van der Waals surface area contributed by atoms with Gasteiger partial charge in [0, 0.05) is 17.1 Å². The van der Waals surface area contributed by atoms with Crippen molar-refractivity contribution in [2.24, 2.45) is 0 Å². The molecule has 6 heteroatoms. The van der Waals surface area contributed by atoms with Crippen molar-refractivity contribution in [3.8, 4) is 22.9 Å². The number of hydrogen-bond donors (Lipinski definition) is 0. The maximum Gasteiger partial charge on any atom is 0.171 e. The van der Waals surface area contributed by atoms with Crippen LogP contribution in [0.5, 0.6) is 11.5 Å². The highest BCUT2D eigenvalue weighted by molar-refractivity contribution is 7.98. The molecule has 0 amide bonds. The lowest BCUT2D eigenvalue weighted by Gasteiger charge is -2.12. The zero-order valence-electron chi connectivity index (χ0n) is 11.1. The number of halogens is 1. The van der Waals surface area contributed by atoms with Crippen molar-refractivity contribution in [1.29, 1.82) is 0 Å². The van der Waals surface area contributed by atoms with Crippen LogP contribution in [-0.2, 0) is 11.5 Å². The number of hydrogen-bond acceptors (Lipinski definition) is 5. The fourth-order valence-corrected chi connectivity index (χ4v) is 3.57. The van der Waals surface area contributed by atoms with Crippen molar-refractivity contribution < 1.29 is 9.47 Å². The Kier molecular flexibility index (Phi) is 3.72. The second kappa shape index (κ2) is 5.50. The Morgan fingerprint density at radius 3 is 2.75 bits per heavy atom. The van der Waals surface area contributed by atoms with Crippen LogP contribution in [0.3, 0.4) is 0 Å². The van der Waals surface area contributed by atoms with Gasteiger partial charge in [-0.1, -0.05) is 17.7 Å². The third-order valence-corrected chi connectivity index (χ3v) is 4.45. The largest absolute Gasteiger partial charge is 0.493 e. The molecule has 104 valence electrons. The topological polar surface area (TPSA) is 44.2 Å². The summed E-state index contributed by atoms with van der Waals surface area (Å²) in [7, 11) is 3.21. The van der Waals surface area contributed by atoms with Gasteiger partial charge in [0.25, 0.3) is 0 Å². The average Bonchev–Trinajstić information content (AvgIpc) is 2.95. The Labute approximate surface area is 126 Å². The molecule has 1 aliphatic rings. The van der Waals surface area contributed by atoms with Crippen molar-refractivity contribution in [3.05, 3.63) is 34.6 Å². The van der Waals surface area contributed by atoms with E-state index in [1.54, 1.807) is 26.0 Å². The number of aromatic nitrogens is 2. The van der Waals surface area contributed by atoms with Crippen molar-refractivity contribution in [2.45, 2.75) is 11.5 Å². The van der Waals surface area contributed by atoms with Gasteiger partial charge >= 0.3 is 0 Å². The van der Waals surface area contributed by atoms with Gasteiger partial charge in [0.2, 0.25) is 0 Å². The molecule has 0 unspecified atom stereocenters. The first-order valence-corrected chi connectivity index (χ1v) is 7.62. The monoisotopic (exact) mass is 308 g/mol. The molecule has 0 aliphatic carbocycles. The highest BCUT2D eigenvalue weighted by Gasteiger charge is 2.21. The van der Waals surface area contributed by atoms with Crippen LogP contribution in [0.25, 0.3) is 11.4 Å². The number of nitrogens with zero attached hydrogens (tertiary/aromatic N) is 2. The molecule has 0 atom stereocenters. The second-order valence-electron chi connectivity index (χ2n) is 4.30. The molecule has 0 N–H and O–H groups in total. The van der Waals surface area contributed by atoms with Crippen LogP contribution < -0.4 is 9.47 Å². The number of ether oxygens (including phenoxy) is 2. The summed E-state index contributed by atoms with van der Waals surface area (Å²) >= 11 is 8.05. The number of benzene rings is 1. The van der Waals surface area contributed by atoms with Crippen LogP contribution in [0.2, 0.25) is 5.15 Å². The number of para-hydroxylation sites is 1. The lowest BCUT2D eigenvalue weighted by atomic mass is 10.1. The molecule has 1 aliphatic heterocycles. The Morgan fingerprint density at radius 2 is 2.00 bits per heavy atom. The quantitative estimate of drug-likeness (QED) is 0.811. The van der Waals surface area contributed by atoms with Gasteiger partial charge in [-0.2, -0.15) is 11.8 Å². The predicted octanol–water partition coefficient (Wildman–Crippen LogP) is 3.56. The molecule has 0 radical (unpaired) electrons. The summed E-state index contributed by atoms with van der Waals surface area (Å²) in [6, 6.07) is 5.63. The van der Waals surface area contributed by atoms with Gasteiger partial charge in [-0.05, 0) is 12.1 Å². The van der Waals surface area contributed by atoms with Crippen molar-refractivity contribution >= 4 is 23.4 Å². The average molecular weight is 309 g/mol. The third-order valence-electron chi connectivity index (χ3n) is 3.17. The molecule has 20 heavy (non-hydrogen) atoms. The molecule has 2 heterocycles. The van der Waals surface area contributed by atoms with E-state index in [0.29, 0.717) is 22.5 Å². The molecule has 1 aromatic heterocycles. The number of rotatable bonds is 3. The summed E-state index contributed by atoms with van der Waals surface area (Å²) < 4.78 is 10.7. The van der Waals surface area contributed by atoms with Crippen molar-refractivity contribution in [2.75, 3.05) is 14.2 Å². The Hall–Kier alpha value is -1.46. The molecule has 0 bridgehead atoms. The van der Waals surface area contributed by atoms with Gasteiger partial charge in [0.05, 0.1) is 25.5 Å². The predicted molar refractivity (Wildman–Crippen MR) is 80.6 cm³/mol. The summed E-state index contributed by atoms with van der Waals surface area (Å²) in [4.78, 5) is 9.02. The minimum Gasteiger partial charge on any atom is -0.493 e. The van der Waals surface area contributed by atoms with E-state index in [2.05, 4.69) is 9.97 Å². The van der Waals surface area contributed by atoms with E-state index >= 15 is 0 Å². The molecule has 2 aromatic rings. The summed E-state index contributed by atoms with van der Waals surface area (Å²) in [5.41, 5.74) is 2.84. The van der Waals surface area contributed by atoms with E-state index < -0.39 is 0 Å². The first kappa shape index (κ1) is 13.5. The fraction of sp³-hybridized carbons (Fsp3) is 0.286. The SMILES string of the molecule is COc1cccc(-c2nc(Cl)c3c(n2)CSC3)c1OC. The molecule has 0 spiro atoms. The third kappa shape index (κ3) is 2.21. The summed E-state index contributed by atoms with van der Waals surface area (Å²) in [5, 5.41) is 0.528. The van der Waals surface area contributed by atoms with E-state index in [9.17, 15) is 0 Å². The van der Waals surface area contributed by atoms with E-state index in [-0.39, 0.29) is 0 Å². The van der Waals surface area contributed by atoms with E-state index in [0.717, 1.165) is 28.3 Å². The zero-order valence-corrected chi connectivity index (χ0v) is 12.7. The Bertz CT molecular complexity index is 664. The lowest BCUT2D eigenvalue weighted by molar-refractivity contribution is 0.356. The second-order valence-corrected chi connectivity index (χ2v) is 5.64. The molecule has 4 nitrogen and oxygen atoms in total. The maximum atomic E-state index is 6.26. The van der Waals surface area contributed by atoms with E-state index in [1.165, 1.54) is 0 Å². The van der Waals surface area contributed by atoms with Gasteiger partial charge in [0.15, 0.2) is 17.3 Å².